The summed E-state index contributed by atoms with van der Waals surface area (Å²) in [6.45, 7) is 9.08. The summed E-state index contributed by atoms with van der Waals surface area (Å²) in [5.41, 5.74) is 0. The first-order chi connectivity index (χ1) is 1.91. The van der Waals surface area contributed by atoms with Gasteiger partial charge in [-0.05, 0) is 0 Å². The van der Waals surface area contributed by atoms with Crippen LogP contribution in [0.5, 0.6) is 0 Å². The Balaban J connectivity index is 0. The van der Waals surface area contributed by atoms with E-state index in [2.05, 4.69) is 18.3 Å². The molecule has 0 spiro atoms. The van der Waals surface area contributed by atoms with E-state index in [1.807, 2.05) is 0 Å². The summed E-state index contributed by atoms with van der Waals surface area (Å²) in [7, 11) is 0. The number of rotatable bonds is 1. The summed E-state index contributed by atoms with van der Waals surface area (Å²) in [6, 6.07) is 0. The van der Waals surface area contributed by atoms with E-state index in [1.165, 1.54) is 0 Å². The summed E-state index contributed by atoms with van der Waals surface area (Å²) in [6.07, 6.45) is 1.03. The Morgan fingerprint density at radius 2 is 1.80 bits per heavy atom. The molecule has 0 atom stereocenters. The number of hydrogen-bond acceptors (Lipinski definition) is 1. The van der Waals surface area contributed by atoms with Gasteiger partial charge in [0.25, 0.3) is 0 Å². The molecule has 0 bridgehead atoms. The van der Waals surface area contributed by atoms with E-state index >= 15 is 0 Å². The van der Waals surface area contributed by atoms with Crippen molar-refractivity contribution >= 4 is 6.72 Å². The van der Waals surface area contributed by atoms with Gasteiger partial charge in [-0.3, -0.25) is 0 Å². The molecule has 0 amide bonds. The fourth-order valence-corrected chi connectivity index (χ4v) is 0. The summed E-state index contributed by atoms with van der Waals surface area (Å²) >= 11 is 0. The molecule has 0 saturated carbocycles. The van der Waals surface area contributed by atoms with Crippen LogP contribution in [0.15, 0.2) is 11.2 Å². The molecule has 0 rings (SSSR count). The molecule has 0 N–H and O–H groups in total. The van der Waals surface area contributed by atoms with Gasteiger partial charge in [0.05, 0.1) is 0 Å². The van der Waals surface area contributed by atoms with Gasteiger partial charge in [-0.15, -0.1) is 0 Å². The van der Waals surface area contributed by atoms with Crippen LogP contribution in [-0.4, -0.2) is 6.72 Å². The molecular weight excluding hydrogens is 105 g/mol. The topological polar surface area (TPSA) is 12.4 Å². The van der Waals surface area contributed by atoms with E-state index in [9.17, 15) is 0 Å². The van der Waals surface area contributed by atoms with Crippen molar-refractivity contribution in [3.8, 4) is 0 Å². The van der Waals surface area contributed by atoms with Gasteiger partial charge in [0.2, 0.25) is 0 Å². The van der Waals surface area contributed by atoms with E-state index in [1.54, 1.807) is 0 Å². The maximum absolute atomic E-state index is 4.61. The van der Waals surface area contributed by atoms with E-state index in [0.29, 0.717) is 0 Å². The molecule has 0 aromatic heterocycles. The Hall–Kier alpha value is -0.0705. The van der Waals surface area contributed by atoms with Gasteiger partial charge >= 0.3 is 17.1 Å². The fourth-order valence-electron chi connectivity index (χ4n) is 0. The number of hydrogen-bond donors (Lipinski definition) is 0. The third kappa shape index (κ3) is 16.9. The Morgan fingerprint density at radius 1 is 1.60 bits per heavy atom. The molecule has 1 radical (unpaired) electrons. The second-order valence-corrected chi connectivity index (χ2v) is 0.298. The first kappa shape index (κ1) is 8.87. The van der Waals surface area contributed by atoms with Crippen LogP contribution in [0, 0.1) is 6.58 Å². The zero-order valence-corrected chi connectivity index (χ0v) is 3.74. The second-order valence-electron chi connectivity index (χ2n) is 0.298. The largest absolute Gasteiger partial charge is 2.00 e. The van der Waals surface area contributed by atoms with Gasteiger partial charge in [0.15, 0.2) is 0 Å². The predicted molar refractivity (Wildman–Crippen MR) is 17.4 cm³/mol. The Kier molecular flexibility index (Phi) is 16.1. The molecule has 0 aliphatic heterocycles. The van der Waals surface area contributed by atoms with Gasteiger partial charge < -0.3 is 17.8 Å². The smallest absolute Gasteiger partial charge is 0.601 e. The number of nitrogens with zero attached hydrogens (tertiary/aromatic N) is 1. The fraction of sp³-hybridized carbons (Fsp3) is 0. The van der Waals surface area contributed by atoms with Crippen LogP contribution in [0.25, 0.3) is 0 Å². The van der Waals surface area contributed by atoms with Crippen molar-refractivity contribution in [2.75, 3.05) is 0 Å². The Morgan fingerprint density at radius 3 is 1.80 bits per heavy atom. The van der Waals surface area contributed by atoms with Crippen LogP contribution >= 0.6 is 0 Å². The molecular formula is C3H3MnN. The average molecular weight is 108 g/mol. The first-order valence-corrected chi connectivity index (χ1v) is 0.850. The normalized spacial score (nSPS) is 4.00. The zero-order valence-electron chi connectivity index (χ0n) is 2.56. The molecule has 0 heterocycles. The summed E-state index contributed by atoms with van der Waals surface area (Å²) in [4.78, 5) is 2.89. The molecule has 0 aromatic rings. The summed E-state index contributed by atoms with van der Waals surface area (Å²) in [5, 5.41) is 0. The van der Waals surface area contributed by atoms with Gasteiger partial charge in [0, 0.05) is 0 Å². The first-order valence-electron chi connectivity index (χ1n) is 0.850. The molecule has 1 nitrogen and oxygen atoms in total. The minimum Gasteiger partial charge on any atom is -0.601 e. The molecule has 27 valence electrons. The minimum atomic E-state index is 0. The summed E-state index contributed by atoms with van der Waals surface area (Å²) < 4.78 is 0. The third-order valence-electron chi connectivity index (χ3n) is 0.0861. The van der Waals surface area contributed by atoms with E-state index < -0.39 is 0 Å². The minimum absolute atomic E-state index is 0. The van der Waals surface area contributed by atoms with Crippen molar-refractivity contribution < 1.29 is 17.1 Å². The molecule has 2 heteroatoms. The maximum Gasteiger partial charge on any atom is 2.00 e. The molecule has 0 unspecified atom stereocenters. The van der Waals surface area contributed by atoms with Crippen molar-refractivity contribution in [2.24, 2.45) is 4.99 Å². The molecule has 0 aliphatic rings. The standard InChI is InChI=1S/C3H3N.Mn/c1-3-4-2;/h1-3H;/q-2;+2. The zero-order chi connectivity index (χ0) is 3.41. The quantitative estimate of drug-likeness (QED) is 0.263. The van der Waals surface area contributed by atoms with Crippen molar-refractivity contribution in [3.05, 3.63) is 12.8 Å². The van der Waals surface area contributed by atoms with Crippen molar-refractivity contribution in [2.45, 2.75) is 0 Å². The van der Waals surface area contributed by atoms with Gasteiger partial charge in [-0.25, -0.2) is 0 Å². The van der Waals surface area contributed by atoms with Crippen molar-refractivity contribution in [3.63, 3.8) is 0 Å². The molecule has 0 aliphatic carbocycles. The molecule has 0 fully saturated rings. The van der Waals surface area contributed by atoms with Crippen molar-refractivity contribution in [1.82, 2.24) is 0 Å². The molecule has 5 heavy (non-hydrogen) atoms. The SMILES string of the molecule is [CH-]=CN=[CH-].[Mn+2]. The van der Waals surface area contributed by atoms with Crippen LogP contribution in [-0.2, 0) is 17.1 Å². The van der Waals surface area contributed by atoms with E-state index in [-0.39, 0.29) is 17.1 Å². The van der Waals surface area contributed by atoms with Crippen LogP contribution in [0.1, 0.15) is 0 Å². The second kappa shape index (κ2) is 9.06. The average Bonchev–Trinajstić information content (AvgIpc) is 1.37. The predicted octanol–water partition coefficient (Wildman–Crippen LogP) is 0.508. The number of aliphatic imine (C=N–C) groups is 1. The van der Waals surface area contributed by atoms with E-state index in [4.69, 9.17) is 0 Å². The van der Waals surface area contributed by atoms with Gasteiger partial charge in [-0.1, -0.05) is 0 Å². The summed E-state index contributed by atoms with van der Waals surface area (Å²) in [5.74, 6) is 0. The monoisotopic (exact) mass is 108 g/mol. The molecule has 0 saturated heterocycles. The van der Waals surface area contributed by atoms with Crippen LogP contribution in [0.4, 0.5) is 0 Å². The van der Waals surface area contributed by atoms with E-state index in [0.717, 1.165) is 6.20 Å². The van der Waals surface area contributed by atoms with Crippen LogP contribution in [0.3, 0.4) is 0 Å². The van der Waals surface area contributed by atoms with Gasteiger partial charge in [0.1, 0.15) is 0 Å². The maximum atomic E-state index is 4.61. The van der Waals surface area contributed by atoms with Crippen LogP contribution < -0.4 is 0 Å². The third-order valence-corrected chi connectivity index (χ3v) is 0.0861. The van der Waals surface area contributed by atoms with Crippen LogP contribution in [0.2, 0.25) is 0 Å². The van der Waals surface area contributed by atoms with Gasteiger partial charge in [-0.2, -0.15) is 6.72 Å². The molecule has 0 aromatic carbocycles. The Bertz CT molecular complexity index is 27.9. The Labute approximate surface area is 42.3 Å². The van der Waals surface area contributed by atoms with Crippen molar-refractivity contribution in [1.29, 1.82) is 0 Å².